The van der Waals surface area contributed by atoms with E-state index in [1.54, 1.807) is 24.2 Å². The van der Waals surface area contributed by atoms with E-state index in [0.29, 0.717) is 18.5 Å². The summed E-state index contributed by atoms with van der Waals surface area (Å²) in [5.74, 6) is 2.34. The van der Waals surface area contributed by atoms with Crippen molar-refractivity contribution in [1.29, 1.82) is 0 Å². The lowest BCUT2D eigenvalue weighted by atomic mass is 10.3. The van der Waals surface area contributed by atoms with Gasteiger partial charge < -0.3 is 14.5 Å². The standard InChI is InChI=1S/C18H16N4O2S/c1-2-4-14(5-3-1)20-18-22-21-17(24-18)16-15(8-11-25-16)23-12-13-6-9-19-10-7-13/h1-7,9-10H,8,11-12H2,(H,20,22). The first-order valence-corrected chi connectivity index (χ1v) is 8.90. The quantitative estimate of drug-likeness (QED) is 0.711. The lowest BCUT2D eigenvalue weighted by Crippen LogP contribution is -1.94. The third kappa shape index (κ3) is 3.83. The van der Waals surface area contributed by atoms with Crippen LogP contribution >= 0.6 is 11.8 Å². The minimum absolute atomic E-state index is 0.370. The SMILES string of the molecule is c1ccc(Nc2nnc(C3=C(OCc4ccncc4)CCS3)o2)cc1. The maximum Gasteiger partial charge on any atom is 0.320 e. The zero-order valence-electron chi connectivity index (χ0n) is 13.4. The topological polar surface area (TPSA) is 73.1 Å². The molecule has 0 radical (unpaired) electrons. The number of para-hydroxylation sites is 1. The molecule has 1 N–H and O–H groups in total. The van der Waals surface area contributed by atoms with Crippen LogP contribution in [0.5, 0.6) is 0 Å². The Morgan fingerprint density at radius 2 is 1.92 bits per heavy atom. The molecule has 0 fully saturated rings. The molecule has 25 heavy (non-hydrogen) atoms. The van der Waals surface area contributed by atoms with Crippen molar-refractivity contribution in [2.75, 3.05) is 11.1 Å². The van der Waals surface area contributed by atoms with Crippen molar-refractivity contribution in [2.24, 2.45) is 0 Å². The summed E-state index contributed by atoms with van der Waals surface area (Å²) in [6, 6.07) is 14.0. The van der Waals surface area contributed by atoms with Crippen LogP contribution in [-0.4, -0.2) is 20.9 Å². The number of allylic oxidation sites excluding steroid dienone is 1. The van der Waals surface area contributed by atoms with Crippen LogP contribution in [0.4, 0.5) is 11.7 Å². The van der Waals surface area contributed by atoms with Gasteiger partial charge in [0.2, 0.25) is 0 Å². The highest BCUT2D eigenvalue weighted by Crippen LogP contribution is 2.39. The largest absolute Gasteiger partial charge is 0.492 e. The molecule has 1 aliphatic rings. The highest BCUT2D eigenvalue weighted by Gasteiger charge is 2.23. The molecule has 0 bridgehead atoms. The molecule has 0 atom stereocenters. The van der Waals surface area contributed by atoms with Crippen molar-refractivity contribution in [2.45, 2.75) is 13.0 Å². The Morgan fingerprint density at radius 3 is 2.76 bits per heavy atom. The Balaban J connectivity index is 1.48. The van der Waals surface area contributed by atoms with Crippen LogP contribution in [0.2, 0.25) is 0 Å². The molecule has 2 aromatic heterocycles. The molecule has 6 nitrogen and oxygen atoms in total. The Labute approximate surface area is 149 Å². The van der Waals surface area contributed by atoms with Gasteiger partial charge in [-0.2, -0.15) is 0 Å². The van der Waals surface area contributed by atoms with Gasteiger partial charge in [-0.3, -0.25) is 4.98 Å². The second kappa shape index (κ2) is 7.40. The fourth-order valence-corrected chi connectivity index (χ4v) is 3.44. The van der Waals surface area contributed by atoms with Crippen molar-refractivity contribution < 1.29 is 9.15 Å². The van der Waals surface area contributed by atoms with E-state index < -0.39 is 0 Å². The molecule has 0 amide bonds. The number of anilines is 2. The molecular weight excluding hydrogens is 336 g/mol. The van der Waals surface area contributed by atoms with Crippen LogP contribution in [0.1, 0.15) is 17.9 Å². The smallest absolute Gasteiger partial charge is 0.320 e. The molecular formula is C18H16N4O2S. The van der Waals surface area contributed by atoms with Crippen LogP contribution in [0.25, 0.3) is 4.91 Å². The highest BCUT2D eigenvalue weighted by atomic mass is 32.2. The number of rotatable bonds is 6. The maximum atomic E-state index is 5.97. The Morgan fingerprint density at radius 1 is 1.08 bits per heavy atom. The summed E-state index contributed by atoms with van der Waals surface area (Å²) in [6.45, 7) is 0.505. The lowest BCUT2D eigenvalue weighted by Gasteiger charge is -2.07. The van der Waals surface area contributed by atoms with Crippen molar-refractivity contribution >= 4 is 28.4 Å². The van der Waals surface area contributed by atoms with Gasteiger partial charge in [0.1, 0.15) is 17.3 Å². The van der Waals surface area contributed by atoms with Gasteiger partial charge in [-0.05, 0) is 29.8 Å². The molecule has 3 heterocycles. The van der Waals surface area contributed by atoms with Gasteiger partial charge in [0, 0.05) is 30.3 Å². The van der Waals surface area contributed by atoms with Crippen molar-refractivity contribution in [3.63, 3.8) is 0 Å². The minimum atomic E-state index is 0.370. The molecule has 0 spiro atoms. The van der Waals surface area contributed by atoms with Crippen molar-refractivity contribution in [1.82, 2.24) is 15.2 Å². The number of nitrogens with one attached hydrogen (secondary N) is 1. The number of hydrogen-bond donors (Lipinski definition) is 1. The number of hydrogen-bond acceptors (Lipinski definition) is 7. The van der Waals surface area contributed by atoms with Crippen LogP contribution in [0, 0.1) is 0 Å². The Kier molecular flexibility index (Phi) is 4.65. The first-order chi connectivity index (χ1) is 12.4. The molecule has 0 unspecified atom stereocenters. The highest BCUT2D eigenvalue weighted by molar-refractivity contribution is 8.08. The monoisotopic (exact) mass is 352 g/mol. The predicted octanol–water partition coefficient (Wildman–Crippen LogP) is 4.23. The van der Waals surface area contributed by atoms with E-state index in [0.717, 1.165) is 34.1 Å². The van der Waals surface area contributed by atoms with E-state index in [4.69, 9.17) is 9.15 Å². The lowest BCUT2D eigenvalue weighted by molar-refractivity contribution is 0.195. The summed E-state index contributed by atoms with van der Waals surface area (Å²) < 4.78 is 11.7. The average molecular weight is 352 g/mol. The number of aromatic nitrogens is 3. The number of ether oxygens (including phenoxy) is 1. The van der Waals surface area contributed by atoms with E-state index in [9.17, 15) is 0 Å². The fourth-order valence-electron chi connectivity index (χ4n) is 2.42. The maximum absolute atomic E-state index is 5.97. The second-order valence-corrected chi connectivity index (χ2v) is 6.50. The third-order valence-corrected chi connectivity index (χ3v) is 4.73. The number of thioether (sulfide) groups is 1. The summed E-state index contributed by atoms with van der Waals surface area (Å²) in [6.07, 6.45) is 4.38. The fraction of sp³-hybridized carbons (Fsp3) is 0.167. The van der Waals surface area contributed by atoms with Crippen molar-refractivity contribution in [3.8, 4) is 0 Å². The predicted molar refractivity (Wildman–Crippen MR) is 97.0 cm³/mol. The summed E-state index contributed by atoms with van der Waals surface area (Å²) in [5, 5.41) is 11.3. The zero-order valence-corrected chi connectivity index (χ0v) is 14.2. The molecule has 126 valence electrons. The Hall–Kier alpha value is -2.80. The molecule has 1 aliphatic heterocycles. The Bertz CT molecular complexity index is 865. The third-order valence-electron chi connectivity index (χ3n) is 3.64. The molecule has 7 heteroatoms. The van der Waals surface area contributed by atoms with Crippen LogP contribution in [-0.2, 0) is 11.3 Å². The molecule has 3 aromatic rings. The summed E-state index contributed by atoms with van der Waals surface area (Å²) in [5.41, 5.74) is 1.98. The van der Waals surface area contributed by atoms with Gasteiger partial charge in [-0.15, -0.1) is 16.9 Å². The van der Waals surface area contributed by atoms with Crippen molar-refractivity contribution in [3.05, 3.63) is 72.1 Å². The normalized spacial score (nSPS) is 13.9. The molecule has 1 aromatic carbocycles. The van der Waals surface area contributed by atoms with E-state index >= 15 is 0 Å². The van der Waals surface area contributed by atoms with Gasteiger partial charge in [0.15, 0.2) is 0 Å². The van der Waals surface area contributed by atoms with E-state index in [-0.39, 0.29) is 0 Å². The number of pyridine rings is 1. The summed E-state index contributed by atoms with van der Waals surface area (Å²) in [4.78, 5) is 4.93. The molecule has 0 aliphatic carbocycles. The molecule has 4 rings (SSSR count). The van der Waals surface area contributed by atoms with Gasteiger partial charge >= 0.3 is 6.01 Å². The van der Waals surface area contributed by atoms with Gasteiger partial charge in [-0.1, -0.05) is 23.3 Å². The zero-order chi connectivity index (χ0) is 16.9. The minimum Gasteiger partial charge on any atom is -0.492 e. The van der Waals surface area contributed by atoms with E-state index in [1.165, 1.54) is 0 Å². The summed E-state index contributed by atoms with van der Waals surface area (Å²) >= 11 is 1.68. The van der Waals surface area contributed by atoms with Crippen LogP contribution in [0.3, 0.4) is 0 Å². The molecule has 0 saturated heterocycles. The average Bonchev–Trinajstić information content (AvgIpc) is 3.31. The number of benzene rings is 1. The first-order valence-electron chi connectivity index (χ1n) is 7.92. The van der Waals surface area contributed by atoms with Crippen LogP contribution in [0.15, 0.2) is 65.0 Å². The summed E-state index contributed by atoms with van der Waals surface area (Å²) in [7, 11) is 0. The van der Waals surface area contributed by atoms with E-state index in [1.807, 2.05) is 42.5 Å². The molecule has 0 saturated carbocycles. The van der Waals surface area contributed by atoms with Gasteiger partial charge in [-0.25, -0.2) is 0 Å². The van der Waals surface area contributed by atoms with Gasteiger partial charge in [0.05, 0.1) is 0 Å². The van der Waals surface area contributed by atoms with E-state index in [2.05, 4.69) is 20.5 Å². The first kappa shape index (κ1) is 15.7. The van der Waals surface area contributed by atoms with Gasteiger partial charge in [0.25, 0.3) is 5.89 Å². The van der Waals surface area contributed by atoms with Crippen LogP contribution < -0.4 is 5.32 Å². The number of nitrogens with zero attached hydrogens (tertiary/aromatic N) is 3. The second-order valence-electron chi connectivity index (χ2n) is 5.40.